The van der Waals surface area contributed by atoms with Crippen LogP contribution in [0.2, 0.25) is 0 Å². The van der Waals surface area contributed by atoms with Crippen molar-refractivity contribution in [2.45, 2.75) is 29.8 Å². The van der Waals surface area contributed by atoms with Gasteiger partial charge in [0.15, 0.2) is 0 Å². The number of carbonyl (C=O) groups excluding carboxylic acids is 1. The van der Waals surface area contributed by atoms with Crippen molar-refractivity contribution in [3.8, 4) is 5.75 Å². The molecule has 2 aliphatic rings. The molecule has 4 rings (SSSR count). The largest absolute Gasteiger partial charge is 0.497 e. The molecule has 7 nitrogen and oxygen atoms in total. The molecule has 1 amide bonds. The Kier molecular flexibility index (Phi) is 4.61. The van der Waals surface area contributed by atoms with Gasteiger partial charge in [-0.2, -0.15) is 4.31 Å². The van der Waals surface area contributed by atoms with Gasteiger partial charge in [-0.3, -0.25) is 9.78 Å². The molecule has 1 N–H and O–H groups in total. The third kappa shape index (κ3) is 3.30. The van der Waals surface area contributed by atoms with E-state index in [9.17, 15) is 13.2 Å². The Hall–Kier alpha value is -2.45. The van der Waals surface area contributed by atoms with Crippen molar-refractivity contribution in [1.82, 2.24) is 14.6 Å². The number of nitrogens with one attached hydrogen (secondary N) is 1. The Labute approximate surface area is 158 Å². The van der Waals surface area contributed by atoms with Crippen LogP contribution in [0.4, 0.5) is 0 Å². The van der Waals surface area contributed by atoms with Crippen LogP contribution in [0.25, 0.3) is 0 Å². The fraction of sp³-hybridized carbons (Fsp3) is 0.368. The normalized spacial score (nSPS) is 24.7. The fourth-order valence-corrected chi connectivity index (χ4v) is 5.77. The SMILES string of the molecule is COc1cccc(S(=O)(=O)N2CC3CC2CC3NC(=O)c2cccnc2)c1. The molecule has 2 heterocycles. The van der Waals surface area contributed by atoms with E-state index < -0.39 is 10.0 Å². The molecule has 142 valence electrons. The monoisotopic (exact) mass is 387 g/mol. The van der Waals surface area contributed by atoms with Gasteiger partial charge in [0.05, 0.1) is 17.6 Å². The number of pyridine rings is 1. The zero-order valence-corrected chi connectivity index (χ0v) is 15.7. The Morgan fingerprint density at radius 2 is 2.11 bits per heavy atom. The summed E-state index contributed by atoms with van der Waals surface area (Å²) in [7, 11) is -2.06. The maximum Gasteiger partial charge on any atom is 0.253 e. The molecule has 2 fully saturated rings. The average Bonchev–Trinajstić information content (AvgIpc) is 3.29. The number of methoxy groups -OCH3 is 1. The summed E-state index contributed by atoms with van der Waals surface area (Å²) in [4.78, 5) is 16.6. The lowest BCUT2D eigenvalue weighted by atomic mass is 10.0. The first-order valence-corrected chi connectivity index (χ1v) is 10.3. The summed E-state index contributed by atoms with van der Waals surface area (Å²) in [5.74, 6) is 0.473. The van der Waals surface area contributed by atoms with E-state index in [-0.39, 0.29) is 28.8 Å². The summed E-state index contributed by atoms with van der Waals surface area (Å²) in [6, 6.07) is 9.86. The Morgan fingerprint density at radius 1 is 1.26 bits per heavy atom. The zero-order chi connectivity index (χ0) is 19.0. The molecular formula is C19H21N3O4S. The molecule has 1 aromatic carbocycles. The van der Waals surface area contributed by atoms with E-state index >= 15 is 0 Å². The maximum absolute atomic E-state index is 13.0. The van der Waals surface area contributed by atoms with Crippen molar-refractivity contribution < 1.29 is 17.9 Å². The molecule has 0 radical (unpaired) electrons. The number of fused-ring (bicyclic) bond motifs is 2. The Bertz CT molecular complexity index is 948. The van der Waals surface area contributed by atoms with Crippen LogP contribution in [0.5, 0.6) is 5.75 Å². The number of benzene rings is 1. The van der Waals surface area contributed by atoms with Crippen molar-refractivity contribution in [3.63, 3.8) is 0 Å². The number of piperidine rings is 1. The van der Waals surface area contributed by atoms with Gasteiger partial charge >= 0.3 is 0 Å². The molecule has 2 bridgehead atoms. The molecule has 1 aliphatic carbocycles. The summed E-state index contributed by atoms with van der Waals surface area (Å²) < 4.78 is 32.7. The number of carbonyl (C=O) groups is 1. The van der Waals surface area contributed by atoms with E-state index in [1.807, 2.05) is 0 Å². The van der Waals surface area contributed by atoms with Crippen LogP contribution in [0.1, 0.15) is 23.2 Å². The van der Waals surface area contributed by atoms with Crippen molar-refractivity contribution in [3.05, 3.63) is 54.4 Å². The Balaban J connectivity index is 1.46. The van der Waals surface area contributed by atoms with Crippen LogP contribution in [-0.4, -0.2) is 49.4 Å². The van der Waals surface area contributed by atoms with Crippen molar-refractivity contribution in [1.29, 1.82) is 0 Å². The topological polar surface area (TPSA) is 88.6 Å². The van der Waals surface area contributed by atoms with E-state index in [4.69, 9.17) is 4.74 Å². The quantitative estimate of drug-likeness (QED) is 0.843. The zero-order valence-electron chi connectivity index (χ0n) is 14.9. The minimum Gasteiger partial charge on any atom is -0.497 e. The number of hydrogen-bond acceptors (Lipinski definition) is 5. The minimum atomic E-state index is -3.58. The molecule has 3 atom stereocenters. The molecule has 1 aromatic heterocycles. The van der Waals surface area contributed by atoms with Crippen molar-refractivity contribution in [2.75, 3.05) is 13.7 Å². The van der Waals surface area contributed by atoms with Gasteiger partial charge in [-0.1, -0.05) is 6.07 Å². The number of amides is 1. The number of ether oxygens (including phenoxy) is 1. The van der Waals surface area contributed by atoms with Crippen molar-refractivity contribution in [2.24, 2.45) is 5.92 Å². The number of sulfonamides is 1. The van der Waals surface area contributed by atoms with E-state index in [1.165, 1.54) is 13.3 Å². The highest BCUT2D eigenvalue weighted by atomic mass is 32.2. The van der Waals surface area contributed by atoms with Crippen LogP contribution in [0, 0.1) is 5.92 Å². The second kappa shape index (κ2) is 6.94. The lowest BCUT2D eigenvalue weighted by Gasteiger charge is -2.31. The van der Waals surface area contributed by atoms with E-state index in [0.717, 1.165) is 6.42 Å². The average molecular weight is 387 g/mol. The van der Waals surface area contributed by atoms with Gasteiger partial charge in [0.25, 0.3) is 5.91 Å². The summed E-state index contributed by atoms with van der Waals surface area (Å²) in [5.41, 5.74) is 0.515. The van der Waals surface area contributed by atoms with Crippen LogP contribution in [0.3, 0.4) is 0 Å². The number of hydrogen-bond donors (Lipinski definition) is 1. The predicted octanol–water partition coefficient (Wildman–Crippen LogP) is 1.67. The van der Waals surface area contributed by atoms with Gasteiger partial charge in [0.2, 0.25) is 10.0 Å². The summed E-state index contributed by atoms with van der Waals surface area (Å²) in [5, 5.41) is 3.04. The summed E-state index contributed by atoms with van der Waals surface area (Å²) in [6.07, 6.45) is 4.54. The molecule has 1 saturated heterocycles. The van der Waals surface area contributed by atoms with Crippen molar-refractivity contribution >= 4 is 15.9 Å². The molecule has 8 heteroatoms. The van der Waals surface area contributed by atoms with Crippen LogP contribution in [0.15, 0.2) is 53.7 Å². The number of rotatable bonds is 5. The molecular weight excluding hydrogens is 366 g/mol. The second-order valence-electron chi connectivity index (χ2n) is 6.96. The first-order chi connectivity index (χ1) is 13.0. The highest BCUT2D eigenvalue weighted by Crippen LogP contribution is 2.41. The maximum atomic E-state index is 13.0. The smallest absolute Gasteiger partial charge is 0.253 e. The van der Waals surface area contributed by atoms with E-state index in [0.29, 0.717) is 24.3 Å². The molecule has 27 heavy (non-hydrogen) atoms. The highest BCUT2D eigenvalue weighted by molar-refractivity contribution is 7.89. The van der Waals surface area contributed by atoms with Gasteiger partial charge in [-0.05, 0) is 43.0 Å². The summed E-state index contributed by atoms with van der Waals surface area (Å²) in [6.45, 7) is 0.419. The molecule has 1 saturated carbocycles. The molecule has 2 aromatic rings. The van der Waals surface area contributed by atoms with E-state index in [2.05, 4.69) is 10.3 Å². The lowest BCUT2D eigenvalue weighted by molar-refractivity contribution is 0.0919. The minimum absolute atomic E-state index is 0.0144. The first kappa shape index (κ1) is 17.9. The van der Waals surface area contributed by atoms with Gasteiger partial charge in [-0.25, -0.2) is 8.42 Å². The van der Waals surface area contributed by atoms with Gasteiger partial charge < -0.3 is 10.1 Å². The first-order valence-electron chi connectivity index (χ1n) is 8.86. The van der Waals surface area contributed by atoms with Gasteiger partial charge in [0, 0.05) is 37.1 Å². The van der Waals surface area contributed by atoms with Crippen LogP contribution < -0.4 is 10.1 Å². The van der Waals surface area contributed by atoms with E-state index in [1.54, 1.807) is 46.9 Å². The second-order valence-corrected chi connectivity index (χ2v) is 8.85. The number of nitrogens with zero attached hydrogens (tertiary/aromatic N) is 2. The third-order valence-corrected chi connectivity index (χ3v) is 7.29. The standard InChI is InChI=1S/C19H21N3O4S/c1-26-16-5-2-6-17(10-16)27(24,25)22-12-14-8-15(22)9-18(14)21-19(23)13-4-3-7-20-11-13/h2-7,10-11,14-15,18H,8-9,12H2,1H3,(H,21,23). The lowest BCUT2D eigenvalue weighted by Crippen LogP contribution is -2.47. The number of aromatic nitrogens is 1. The molecule has 1 aliphatic heterocycles. The fourth-order valence-electron chi connectivity index (χ4n) is 4.03. The van der Waals surface area contributed by atoms with Crippen LogP contribution in [-0.2, 0) is 10.0 Å². The third-order valence-electron chi connectivity index (χ3n) is 5.38. The molecule has 0 spiro atoms. The predicted molar refractivity (Wildman–Crippen MR) is 98.9 cm³/mol. The van der Waals surface area contributed by atoms with Gasteiger partial charge in [0.1, 0.15) is 5.75 Å². The van der Waals surface area contributed by atoms with Gasteiger partial charge in [-0.15, -0.1) is 0 Å². The van der Waals surface area contributed by atoms with Crippen LogP contribution >= 0.6 is 0 Å². The highest BCUT2D eigenvalue weighted by Gasteiger charge is 2.49. The summed E-state index contributed by atoms with van der Waals surface area (Å²) >= 11 is 0. The Morgan fingerprint density at radius 3 is 2.78 bits per heavy atom. The molecule has 3 unspecified atom stereocenters.